The highest BCUT2D eigenvalue weighted by Gasteiger charge is 2.28. The van der Waals surface area contributed by atoms with Crippen molar-refractivity contribution in [2.24, 2.45) is 13.0 Å². The second-order valence-corrected chi connectivity index (χ2v) is 9.48. The molecule has 0 saturated carbocycles. The Morgan fingerprint density at radius 1 is 1.33 bits per heavy atom. The summed E-state index contributed by atoms with van der Waals surface area (Å²) in [5.41, 5.74) is 0.459. The fraction of sp³-hybridized carbons (Fsp3) is 0.600. The predicted molar refractivity (Wildman–Crippen MR) is 115 cm³/mol. The number of hydrogen-bond donors (Lipinski definition) is 0. The Hall–Kier alpha value is -2.67. The number of aromatic nitrogens is 4. The topological polar surface area (TPSA) is 117 Å². The molecule has 0 N–H and O–H groups in total. The number of aryl methyl sites for hydroxylation is 1. The molecule has 1 aliphatic rings. The molecule has 0 spiro atoms. The fourth-order valence-corrected chi connectivity index (χ4v) is 4.16. The van der Waals surface area contributed by atoms with Crippen molar-refractivity contribution in [3.05, 3.63) is 23.5 Å². The highest BCUT2D eigenvalue weighted by atomic mass is 32.2. The lowest BCUT2D eigenvalue weighted by Gasteiger charge is -2.35. The molecule has 0 amide bonds. The largest absolute Gasteiger partial charge is 0.466 e. The number of rotatable bonds is 9. The average Bonchev–Trinajstić information content (AvgIpc) is 3.12. The molecule has 0 aromatic carbocycles. The van der Waals surface area contributed by atoms with E-state index in [0.717, 1.165) is 19.1 Å². The maximum absolute atomic E-state index is 14.0. The van der Waals surface area contributed by atoms with E-state index in [2.05, 4.69) is 15.3 Å². The molecule has 0 aliphatic carbocycles. The number of alkyl halides is 2. The number of esters is 1. The smallest absolute Gasteiger partial charge is 0.306 e. The molecule has 182 valence electrons. The number of halogens is 2. The molecule has 3 heterocycles. The summed E-state index contributed by atoms with van der Waals surface area (Å²) in [4.78, 5) is 17.8. The summed E-state index contributed by atoms with van der Waals surface area (Å²) in [5, 5.41) is 7.80. The number of carbonyl (C=O) groups is 1. The quantitative estimate of drug-likeness (QED) is 0.388. The van der Waals surface area contributed by atoms with Gasteiger partial charge in [-0.05, 0) is 37.8 Å². The average molecular weight is 488 g/mol. The van der Waals surface area contributed by atoms with Crippen molar-refractivity contribution in [1.29, 1.82) is 0 Å². The van der Waals surface area contributed by atoms with Gasteiger partial charge in [0.1, 0.15) is 18.0 Å². The summed E-state index contributed by atoms with van der Waals surface area (Å²) in [6.07, 6.45) is -0.132. The summed E-state index contributed by atoms with van der Waals surface area (Å²) in [6.45, 7) is 2.70. The van der Waals surface area contributed by atoms with Gasteiger partial charge in [0.15, 0.2) is 0 Å². The monoisotopic (exact) mass is 487 g/mol. The van der Waals surface area contributed by atoms with Crippen molar-refractivity contribution in [3.8, 4) is 11.4 Å². The van der Waals surface area contributed by atoms with Gasteiger partial charge in [-0.2, -0.15) is 8.42 Å². The lowest BCUT2D eigenvalue weighted by atomic mass is 9.94. The zero-order valence-electron chi connectivity index (χ0n) is 18.7. The van der Waals surface area contributed by atoms with Gasteiger partial charge in [-0.15, -0.1) is 5.10 Å². The van der Waals surface area contributed by atoms with Crippen LogP contribution in [-0.4, -0.2) is 60.3 Å². The van der Waals surface area contributed by atoms with E-state index >= 15 is 0 Å². The minimum absolute atomic E-state index is 0.00253. The van der Waals surface area contributed by atoms with E-state index in [1.165, 1.54) is 11.7 Å². The van der Waals surface area contributed by atoms with Crippen LogP contribution in [0.5, 0.6) is 0 Å². The molecule has 33 heavy (non-hydrogen) atoms. The number of carbonyl (C=O) groups excluding carboxylic acids is 1. The molecular weight excluding hydrogens is 460 g/mol. The van der Waals surface area contributed by atoms with Gasteiger partial charge in [-0.1, -0.05) is 5.21 Å². The van der Waals surface area contributed by atoms with Crippen LogP contribution in [0.1, 0.15) is 44.0 Å². The van der Waals surface area contributed by atoms with Gasteiger partial charge in [0.05, 0.1) is 36.4 Å². The third-order valence-corrected chi connectivity index (χ3v) is 5.87. The van der Waals surface area contributed by atoms with Gasteiger partial charge in [0.2, 0.25) is 0 Å². The van der Waals surface area contributed by atoms with Crippen LogP contribution in [0.25, 0.3) is 11.4 Å². The Balaban J connectivity index is 1.87. The number of pyridine rings is 1. The molecule has 1 fully saturated rings. The lowest BCUT2D eigenvalue weighted by molar-refractivity contribution is -0.144. The molecule has 0 unspecified atom stereocenters. The summed E-state index contributed by atoms with van der Waals surface area (Å²) in [5.74, 6) is -0.291. The van der Waals surface area contributed by atoms with Crippen molar-refractivity contribution in [3.63, 3.8) is 0 Å². The Labute approximate surface area is 191 Å². The van der Waals surface area contributed by atoms with Gasteiger partial charge in [-0.25, -0.2) is 18.4 Å². The van der Waals surface area contributed by atoms with Crippen molar-refractivity contribution >= 4 is 21.8 Å². The molecule has 3 rings (SSSR count). The first kappa shape index (κ1) is 25.0. The van der Waals surface area contributed by atoms with Crippen molar-refractivity contribution in [2.45, 2.75) is 39.2 Å². The molecular formula is C20H27F2N5O5S. The van der Waals surface area contributed by atoms with E-state index in [1.807, 2.05) is 4.90 Å². The SMILES string of the molecule is CCOC(=O)C[C@H]1CCCN(c2ccc(-c3nnn(C)c3COS(C)(=O)=O)nc2C(F)F)C1. The van der Waals surface area contributed by atoms with E-state index < -0.39 is 22.2 Å². The van der Waals surface area contributed by atoms with Crippen molar-refractivity contribution < 1.29 is 30.9 Å². The van der Waals surface area contributed by atoms with Gasteiger partial charge >= 0.3 is 5.97 Å². The highest BCUT2D eigenvalue weighted by molar-refractivity contribution is 7.85. The number of piperidine rings is 1. The standard InChI is InChI=1S/C20H27F2N5O5S/c1-4-31-17(28)10-13-6-5-9-27(11-13)15-8-7-14(23-19(15)20(21)22)18-16(26(2)25-24-18)12-32-33(3,29)30/h7-8,13,20H,4-6,9-12H2,1-3H3/t13-/m1/s1. The van der Waals surface area contributed by atoms with Gasteiger partial charge in [-0.3, -0.25) is 8.98 Å². The highest BCUT2D eigenvalue weighted by Crippen LogP contribution is 2.34. The second kappa shape index (κ2) is 10.5. The third-order valence-electron chi connectivity index (χ3n) is 5.32. The molecule has 0 radical (unpaired) electrons. The first-order valence-electron chi connectivity index (χ1n) is 10.5. The Morgan fingerprint density at radius 2 is 2.09 bits per heavy atom. The summed E-state index contributed by atoms with van der Waals surface area (Å²) < 4.78 is 61.8. The first-order valence-corrected chi connectivity index (χ1v) is 12.3. The van der Waals surface area contributed by atoms with Crippen LogP contribution in [-0.2, 0) is 37.5 Å². The number of nitrogens with zero attached hydrogens (tertiary/aromatic N) is 5. The predicted octanol–water partition coefficient (Wildman–Crippen LogP) is 2.46. The van der Waals surface area contributed by atoms with Crippen LogP contribution >= 0.6 is 0 Å². The van der Waals surface area contributed by atoms with E-state index in [0.29, 0.717) is 25.4 Å². The number of anilines is 1. The number of ether oxygens (including phenoxy) is 1. The summed E-state index contributed by atoms with van der Waals surface area (Å²) in [6, 6.07) is 3.09. The fourth-order valence-electron chi connectivity index (χ4n) is 3.83. The third kappa shape index (κ3) is 6.44. The molecule has 1 aliphatic heterocycles. The molecule has 1 saturated heterocycles. The van der Waals surface area contributed by atoms with E-state index in [-0.39, 0.29) is 42.0 Å². The van der Waals surface area contributed by atoms with Crippen molar-refractivity contribution in [1.82, 2.24) is 20.0 Å². The lowest BCUT2D eigenvalue weighted by Crippen LogP contribution is -2.37. The minimum atomic E-state index is -3.73. The molecule has 2 aromatic rings. The maximum Gasteiger partial charge on any atom is 0.306 e. The first-order chi connectivity index (χ1) is 15.6. The van der Waals surface area contributed by atoms with Crippen LogP contribution in [0.2, 0.25) is 0 Å². The molecule has 0 bridgehead atoms. The van der Waals surface area contributed by atoms with Crippen LogP contribution in [0.4, 0.5) is 14.5 Å². The van der Waals surface area contributed by atoms with Crippen LogP contribution in [0.15, 0.2) is 12.1 Å². The summed E-state index contributed by atoms with van der Waals surface area (Å²) in [7, 11) is -2.19. The Kier molecular flexibility index (Phi) is 7.95. The zero-order valence-corrected chi connectivity index (χ0v) is 19.5. The van der Waals surface area contributed by atoms with E-state index in [9.17, 15) is 22.0 Å². The van der Waals surface area contributed by atoms with Crippen LogP contribution in [0.3, 0.4) is 0 Å². The summed E-state index contributed by atoms with van der Waals surface area (Å²) >= 11 is 0. The van der Waals surface area contributed by atoms with Crippen molar-refractivity contribution in [2.75, 3.05) is 30.9 Å². The van der Waals surface area contributed by atoms with E-state index in [1.54, 1.807) is 19.1 Å². The van der Waals surface area contributed by atoms with Gasteiger partial charge in [0, 0.05) is 20.1 Å². The zero-order chi connectivity index (χ0) is 24.2. The van der Waals surface area contributed by atoms with Gasteiger partial charge in [0.25, 0.3) is 16.5 Å². The minimum Gasteiger partial charge on any atom is -0.466 e. The second-order valence-electron chi connectivity index (χ2n) is 7.84. The van der Waals surface area contributed by atoms with Gasteiger partial charge < -0.3 is 9.64 Å². The van der Waals surface area contributed by atoms with E-state index in [4.69, 9.17) is 8.92 Å². The molecule has 1 atom stereocenters. The Morgan fingerprint density at radius 3 is 2.76 bits per heavy atom. The number of hydrogen-bond acceptors (Lipinski definition) is 9. The van der Waals surface area contributed by atoms with Crippen LogP contribution < -0.4 is 4.90 Å². The molecule has 10 nitrogen and oxygen atoms in total. The Bertz CT molecular complexity index is 1090. The normalized spacial score (nSPS) is 16.9. The molecule has 2 aromatic heterocycles. The maximum atomic E-state index is 14.0. The van der Waals surface area contributed by atoms with Crippen LogP contribution in [0, 0.1) is 5.92 Å². The molecule has 13 heteroatoms.